The maximum Gasteiger partial charge on any atom is 0.317 e. The van der Waals surface area contributed by atoms with Crippen LogP contribution in [-0.2, 0) is 11.3 Å². The Bertz CT molecular complexity index is 1100. The van der Waals surface area contributed by atoms with E-state index in [1.165, 1.54) is 0 Å². The van der Waals surface area contributed by atoms with Crippen molar-refractivity contribution >= 4 is 5.97 Å². The molecule has 1 aliphatic carbocycles. The topological polar surface area (TPSA) is 121 Å². The van der Waals surface area contributed by atoms with E-state index in [0.717, 1.165) is 36.8 Å². The van der Waals surface area contributed by atoms with Gasteiger partial charge in [0.15, 0.2) is 0 Å². The predicted molar refractivity (Wildman–Crippen MR) is 112 cm³/mol. The first-order valence-electron chi connectivity index (χ1n) is 10.2. The number of aromatic nitrogens is 2. The van der Waals surface area contributed by atoms with Crippen molar-refractivity contribution < 1.29 is 19.2 Å². The van der Waals surface area contributed by atoms with Crippen LogP contribution in [0.15, 0.2) is 47.0 Å². The Morgan fingerprint density at radius 3 is 2.65 bits per heavy atom. The number of ether oxygens (including phenoxy) is 1. The number of rotatable bonds is 8. The van der Waals surface area contributed by atoms with Crippen molar-refractivity contribution in [2.24, 2.45) is 0 Å². The number of benzene rings is 2. The normalized spacial score (nSPS) is 13.8. The molecule has 2 N–H and O–H groups in total. The SMILES string of the molecule is N#Cc1cc(-c2nc(-c3ccc(CNCC(=O)O)cc3)no2)ccc1OC1CCCC1. The van der Waals surface area contributed by atoms with Gasteiger partial charge in [-0.25, -0.2) is 0 Å². The average Bonchev–Trinajstić information content (AvgIpc) is 3.47. The Morgan fingerprint density at radius 1 is 1.19 bits per heavy atom. The fourth-order valence-corrected chi connectivity index (χ4v) is 3.58. The van der Waals surface area contributed by atoms with E-state index >= 15 is 0 Å². The van der Waals surface area contributed by atoms with E-state index in [9.17, 15) is 10.1 Å². The minimum absolute atomic E-state index is 0.0921. The van der Waals surface area contributed by atoms with Gasteiger partial charge in [0.25, 0.3) is 5.89 Å². The molecule has 1 fully saturated rings. The number of aliphatic carboxylic acids is 1. The highest BCUT2D eigenvalue weighted by Crippen LogP contribution is 2.30. The lowest BCUT2D eigenvalue weighted by molar-refractivity contribution is -0.136. The van der Waals surface area contributed by atoms with Gasteiger partial charge in [-0.3, -0.25) is 4.79 Å². The summed E-state index contributed by atoms with van der Waals surface area (Å²) in [6.07, 6.45) is 4.54. The first-order chi connectivity index (χ1) is 15.1. The van der Waals surface area contributed by atoms with E-state index in [2.05, 4.69) is 21.5 Å². The van der Waals surface area contributed by atoms with Crippen LogP contribution >= 0.6 is 0 Å². The van der Waals surface area contributed by atoms with Crippen molar-refractivity contribution in [2.45, 2.75) is 38.3 Å². The second kappa shape index (κ2) is 9.41. The summed E-state index contributed by atoms with van der Waals surface area (Å²) in [5, 5.41) is 25.1. The molecule has 1 aliphatic rings. The maximum absolute atomic E-state index is 10.6. The van der Waals surface area contributed by atoms with Crippen LogP contribution in [0.1, 0.15) is 36.8 Å². The number of nitrogens with zero attached hydrogens (tertiary/aromatic N) is 3. The third-order valence-corrected chi connectivity index (χ3v) is 5.19. The molecule has 1 saturated carbocycles. The van der Waals surface area contributed by atoms with Gasteiger partial charge in [0.05, 0.1) is 18.2 Å². The molecule has 0 saturated heterocycles. The fourth-order valence-electron chi connectivity index (χ4n) is 3.58. The van der Waals surface area contributed by atoms with E-state index in [1.807, 2.05) is 30.3 Å². The minimum Gasteiger partial charge on any atom is -0.489 e. The van der Waals surface area contributed by atoms with Crippen LogP contribution in [0.3, 0.4) is 0 Å². The first kappa shape index (κ1) is 20.6. The largest absolute Gasteiger partial charge is 0.489 e. The van der Waals surface area contributed by atoms with Crippen LogP contribution < -0.4 is 10.1 Å². The highest BCUT2D eigenvalue weighted by Gasteiger charge is 2.19. The van der Waals surface area contributed by atoms with E-state index < -0.39 is 5.97 Å². The van der Waals surface area contributed by atoms with Crippen molar-refractivity contribution in [3.05, 3.63) is 53.6 Å². The van der Waals surface area contributed by atoms with Crippen LogP contribution in [-0.4, -0.2) is 33.9 Å². The molecule has 158 valence electrons. The molecule has 31 heavy (non-hydrogen) atoms. The van der Waals surface area contributed by atoms with Gasteiger partial charge in [-0.2, -0.15) is 10.2 Å². The van der Waals surface area contributed by atoms with Gasteiger partial charge >= 0.3 is 5.97 Å². The van der Waals surface area contributed by atoms with Gasteiger partial charge in [-0.1, -0.05) is 29.4 Å². The van der Waals surface area contributed by atoms with Gasteiger partial charge in [0.2, 0.25) is 5.82 Å². The van der Waals surface area contributed by atoms with E-state index in [1.54, 1.807) is 12.1 Å². The Morgan fingerprint density at radius 2 is 1.94 bits per heavy atom. The molecule has 8 nitrogen and oxygen atoms in total. The lowest BCUT2D eigenvalue weighted by atomic mass is 10.1. The summed E-state index contributed by atoms with van der Waals surface area (Å²) in [5.74, 6) is 0.453. The first-order valence-corrected chi connectivity index (χ1v) is 10.2. The second-order valence-electron chi connectivity index (χ2n) is 7.46. The van der Waals surface area contributed by atoms with Crippen LogP contribution in [0.25, 0.3) is 22.8 Å². The number of nitriles is 1. The zero-order valence-corrected chi connectivity index (χ0v) is 16.9. The summed E-state index contributed by atoms with van der Waals surface area (Å²) in [6, 6.07) is 15.0. The van der Waals surface area contributed by atoms with E-state index in [0.29, 0.717) is 35.1 Å². The van der Waals surface area contributed by atoms with Crippen molar-refractivity contribution in [3.63, 3.8) is 0 Å². The standard InChI is InChI=1S/C23H22N4O4/c24-12-18-11-17(9-10-20(18)30-19-3-1-2-4-19)23-26-22(27-31-23)16-7-5-15(6-8-16)13-25-14-21(28)29/h5-11,19,25H,1-4,13-14H2,(H,28,29). The third-order valence-electron chi connectivity index (χ3n) is 5.19. The van der Waals surface area contributed by atoms with Crippen molar-refractivity contribution in [3.8, 4) is 34.7 Å². The van der Waals surface area contributed by atoms with Crippen molar-refractivity contribution in [1.29, 1.82) is 5.26 Å². The summed E-state index contributed by atoms with van der Waals surface area (Å²) in [5.41, 5.74) is 2.83. The second-order valence-corrected chi connectivity index (χ2v) is 7.46. The maximum atomic E-state index is 10.6. The smallest absolute Gasteiger partial charge is 0.317 e. The number of hydrogen-bond donors (Lipinski definition) is 2. The highest BCUT2D eigenvalue weighted by atomic mass is 16.5. The lowest BCUT2D eigenvalue weighted by Crippen LogP contribution is -2.21. The lowest BCUT2D eigenvalue weighted by Gasteiger charge is -2.14. The predicted octanol–water partition coefficient (Wildman–Crippen LogP) is 3.77. The minimum atomic E-state index is -0.895. The third kappa shape index (κ3) is 5.08. The Hall–Kier alpha value is -3.70. The fraction of sp³-hybridized carbons (Fsp3) is 0.304. The molecule has 0 aliphatic heterocycles. The number of nitrogens with one attached hydrogen (secondary N) is 1. The van der Waals surface area contributed by atoms with Crippen LogP contribution in [0.5, 0.6) is 5.75 Å². The highest BCUT2D eigenvalue weighted by molar-refractivity contribution is 5.69. The molecule has 0 bridgehead atoms. The van der Waals surface area contributed by atoms with Crippen molar-refractivity contribution in [1.82, 2.24) is 15.5 Å². The molecular formula is C23H22N4O4. The summed E-state index contributed by atoms with van der Waals surface area (Å²) >= 11 is 0. The molecule has 3 aromatic rings. The van der Waals surface area contributed by atoms with Crippen LogP contribution in [0.2, 0.25) is 0 Å². The van der Waals surface area contributed by atoms with Gasteiger partial charge in [0.1, 0.15) is 11.8 Å². The van der Waals surface area contributed by atoms with Gasteiger partial charge < -0.3 is 19.7 Å². The molecule has 0 atom stereocenters. The zero-order chi connectivity index (χ0) is 21.6. The Balaban J connectivity index is 1.47. The summed E-state index contributed by atoms with van der Waals surface area (Å²) in [6.45, 7) is 0.363. The van der Waals surface area contributed by atoms with Crippen LogP contribution in [0, 0.1) is 11.3 Å². The summed E-state index contributed by atoms with van der Waals surface area (Å²) < 4.78 is 11.4. The Kier molecular flexibility index (Phi) is 6.24. The molecule has 0 radical (unpaired) electrons. The molecule has 2 aromatic carbocycles. The molecule has 4 rings (SSSR count). The molecule has 1 aromatic heterocycles. The quantitative estimate of drug-likeness (QED) is 0.567. The number of carbonyl (C=O) groups is 1. The molecular weight excluding hydrogens is 396 g/mol. The summed E-state index contributed by atoms with van der Waals surface area (Å²) in [4.78, 5) is 15.0. The average molecular weight is 418 g/mol. The number of hydrogen-bond acceptors (Lipinski definition) is 7. The van der Waals surface area contributed by atoms with E-state index in [4.69, 9.17) is 14.4 Å². The molecule has 1 heterocycles. The van der Waals surface area contributed by atoms with Gasteiger partial charge in [-0.05, 0) is 49.4 Å². The molecule has 0 unspecified atom stereocenters. The van der Waals surface area contributed by atoms with Crippen molar-refractivity contribution in [2.75, 3.05) is 6.54 Å². The number of carboxylic acid groups (broad SMARTS) is 1. The van der Waals surface area contributed by atoms with Crippen LogP contribution in [0.4, 0.5) is 0 Å². The molecule has 0 spiro atoms. The molecule has 8 heteroatoms. The monoisotopic (exact) mass is 418 g/mol. The van der Waals surface area contributed by atoms with E-state index in [-0.39, 0.29) is 12.6 Å². The van der Waals surface area contributed by atoms with Gasteiger partial charge in [-0.15, -0.1) is 0 Å². The number of carboxylic acids is 1. The van der Waals surface area contributed by atoms with Gasteiger partial charge in [0, 0.05) is 17.7 Å². The Labute approximate surface area is 179 Å². The molecule has 0 amide bonds. The summed E-state index contributed by atoms with van der Waals surface area (Å²) in [7, 11) is 0. The zero-order valence-electron chi connectivity index (χ0n) is 16.9.